The molecule has 58 heavy (non-hydrogen) atoms. The van der Waals surface area contributed by atoms with E-state index in [0.29, 0.717) is 23.9 Å². The summed E-state index contributed by atoms with van der Waals surface area (Å²) in [4.78, 5) is 37.5. The second-order valence-corrected chi connectivity index (χ2v) is 17.8. The van der Waals surface area contributed by atoms with E-state index >= 15 is 0 Å². The van der Waals surface area contributed by atoms with Crippen molar-refractivity contribution in [3.05, 3.63) is 60.8 Å². The number of hydrogen-bond donors (Lipinski definition) is 0. The standard InChI is InChI=1S/C48H86NO8P/c1-6-8-10-12-14-16-18-20-22-23-24-25-27-28-30-32-34-36-38-40-47(50)54-44-46(45-56-58(52,53)55-43-42-49(3,4)5)57-48(51)41-39-37-35-33-31-29-26-21-19-17-15-13-11-9-7-2/h14,16,20,22,24-25,28,30,35,37,46H,6-13,15,17-19,21,23,26-27,29,31-34,36,38-45H2,1-5H3/b16-14+,22-20+,25-24+,30-28+,37-35+/t46-/m1/s1. The maximum atomic E-state index is 12.7. The molecule has 0 aromatic rings. The van der Waals surface area contributed by atoms with Crippen LogP contribution in [0.3, 0.4) is 0 Å². The van der Waals surface area contributed by atoms with Gasteiger partial charge in [0.15, 0.2) is 6.10 Å². The fourth-order valence-electron chi connectivity index (χ4n) is 5.89. The summed E-state index contributed by atoms with van der Waals surface area (Å²) in [6, 6.07) is 0. The number of ether oxygens (including phenoxy) is 2. The molecule has 0 saturated carbocycles. The third-order valence-corrected chi connectivity index (χ3v) is 10.5. The average Bonchev–Trinajstić information content (AvgIpc) is 3.17. The molecule has 0 rings (SSSR count). The van der Waals surface area contributed by atoms with Gasteiger partial charge in [0.1, 0.15) is 19.8 Å². The Hall–Kier alpha value is -2.29. The van der Waals surface area contributed by atoms with Crippen molar-refractivity contribution in [2.45, 2.75) is 187 Å². The van der Waals surface area contributed by atoms with Crippen molar-refractivity contribution in [2.75, 3.05) is 47.5 Å². The molecule has 0 aliphatic carbocycles. The fraction of sp³-hybridized carbons (Fsp3) is 0.750. The molecule has 1 unspecified atom stereocenters. The quantitative estimate of drug-likeness (QED) is 0.0197. The summed E-state index contributed by atoms with van der Waals surface area (Å²) < 4.78 is 33.8. The highest BCUT2D eigenvalue weighted by atomic mass is 31.2. The third kappa shape index (κ3) is 43.3. The largest absolute Gasteiger partial charge is 0.756 e. The zero-order valence-corrected chi connectivity index (χ0v) is 38.6. The van der Waals surface area contributed by atoms with Crippen molar-refractivity contribution in [1.82, 2.24) is 0 Å². The molecule has 0 radical (unpaired) electrons. The molecule has 0 N–H and O–H groups in total. The maximum absolute atomic E-state index is 12.7. The highest BCUT2D eigenvalue weighted by Crippen LogP contribution is 2.38. The van der Waals surface area contributed by atoms with Gasteiger partial charge in [-0.1, -0.05) is 158 Å². The highest BCUT2D eigenvalue weighted by Gasteiger charge is 2.21. The van der Waals surface area contributed by atoms with Gasteiger partial charge in [-0.15, -0.1) is 0 Å². The second kappa shape index (κ2) is 40.1. The van der Waals surface area contributed by atoms with Gasteiger partial charge >= 0.3 is 11.9 Å². The van der Waals surface area contributed by atoms with Gasteiger partial charge in [-0.05, 0) is 70.6 Å². The van der Waals surface area contributed by atoms with E-state index in [1.807, 2.05) is 27.2 Å². The molecule has 0 saturated heterocycles. The van der Waals surface area contributed by atoms with Gasteiger partial charge in [-0.2, -0.15) is 0 Å². The van der Waals surface area contributed by atoms with Crippen LogP contribution in [0.4, 0.5) is 0 Å². The number of quaternary nitrogens is 1. The van der Waals surface area contributed by atoms with Gasteiger partial charge in [0.05, 0.1) is 27.7 Å². The molecule has 0 aliphatic rings. The van der Waals surface area contributed by atoms with E-state index < -0.39 is 32.5 Å². The van der Waals surface area contributed by atoms with E-state index in [0.717, 1.165) is 51.4 Å². The molecule has 0 aromatic heterocycles. The monoisotopic (exact) mass is 836 g/mol. The minimum Gasteiger partial charge on any atom is -0.756 e. The van der Waals surface area contributed by atoms with Gasteiger partial charge < -0.3 is 27.9 Å². The number of phosphoric acid groups is 1. The van der Waals surface area contributed by atoms with E-state index in [9.17, 15) is 19.0 Å². The second-order valence-electron chi connectivity index (χ2n) is 16.4. The first-order chi connectivity index (χ1) is 28.0. The van der Waals surface area contributed by atoms with Gasteiger partial charge in [0.25, 0.3) is 7.82 Å². The summed E-state index contributed by atoms with van der Waals surface area (Å²) in [5, 5.41) is 0. The average molecular weight is 836 g/mol. The van der Waals surface area contributed by atoms with E-state index in [1.54, 1.807) is 0 Å². The number of nitrogens with zero attached hydrogens (tertiary/aromatic N) is 1. The Balaban J connectivity index is 4.44. The van der Waals surface area contributed by atoms with Crippen LogP contribution in [0.5, 0.6) is 0 Å². The summed E-state index contributed by atoms with van der Waals surface area (Å²) in [6.45, 7) is 4.11. The summed E-state index contributed by atoms with van der Waals surface area (Å²) in [5.41, 5.74) is 0. The van der Waals surface area contributed by atoms with Crippen molar-refractivity contribution in [3.63, 3.8) is 0 Å². The Kier molecular flexibility index (Phi) is 38.5. The molecule has 9 nitrogen and oxygen atoms in total. The number of rotatable bonds is 41. The van der Waals surface area contributed by atoms with Gasteiger partial charge in [0, 0.05) is 12.8 Å². The summed E-state index contributed by atoms with van der Waals surface area (Å²) in [6.07, 6.45) is 48.3. The number of unbranched alkanes of at least 4 members (excludes halogenated alkanes) is 17. The van der Waals surface area contributed by atoms with Gasteiger partial charge in [-0.25, -0.2) is 0 Å². The van der Waals surface area contributed by atoms with Crippen LogP contribution in [0.15, 0.2) is 60.8 Å². The van der Waals surface area contributed by atoms with Crippen LogP contribution in [-0.4, -0.2) is 70.0 Å². The Morgan fingerprint density at radius 1 is 0.534 bits per heavy atom. The summed E-state index contributed by atoms with van der Waals surface area (Å²) in [7, 11) is 1.12. The lowest BCUT2D eigenvalue weighted by Crippen LogP contribution is -2.37. The molecular formula is C48H86NO8P. The lowest BCUT2D eigenvalue weighted by molar-refractivity contribution is -0.870. The first-order valence-corrected chi connectivity index (χ1v) is 24.5. The molecule has 10 heteroatoms. The minimum atomic E-state index is -4.64. The number of carbonyl (C=O) groups excluding carboxylic acids is 2. The first kappa shape index (κ1) is 55.7. The van der Waals surface area contributed by atoms with E-state index in [2.05, 4.69) is 68.5 Å². The summed E-state index contributed by atoms with van der Waals surface area (Å²) in [5.74, 6) is -0.930. The third-order valence-electron chi connectivity index (χ3n) is 9.52. The molecule has 0 fully saturated rings. The van der Waals surface area contributed by atoms with Crippen LogP contribution in [0, 0.1) is 0 Å². The molecule has 0 aliphatic heterocycles. The van der Waals surface area contributed by atoms with Crippen molar-refractivity contribution in [3.8, 4) is 0 Å². The van der Waals surface area contributed by atoms with Crippen LogP contribution in [0.25, 0.3) is 0 Å². The van der Waals surface area contributed by atoms with Gasteiger partial charge in [-0.3, -0.25) is 14.2 Å². The van der Waals surface area contributed by atoms with E-state index in [1.165, 1.54) is 89.9 Å². The molecule has 0 bridgehead atoms. The molecule has 0 spiro atoms. The number of likely N-dealkylation sites (N-methyl/N-ethyl adjacent to an activating group) is 1. The molecule has 0 amide bonds. The smallest absolute Gasteiger partial charge is 0.306 e. The Labute approximate surface area is 356 Å². The molecule has 0 aromatic carbocycles. The number of esters is 2. The van der Waals surface area contributed by atoms with Crippen molar-refractivity contribution < 1.29 is 42.1 Å². The number of phosphoric ester groups is 1. The van der Waals surface area contributed by atoms with Crippen LogP contribution in [0.2, 0.25) is 0 Å². The van der Waals surface area contributed by atoms with Crippen LogP contribution in [0.1, 0.15) is 181 Å². The topological polar surface area (TPSA) is 111 Å². The maximum Gasteiger partial charge on any atom is 0.306 e. The zero-order valence-electron chi connectivity index (χ0n) is 37.7. The predicted octanol–water partition coefficient (Wildman–Crippen LogP) is 12.6. The van der Waals surface area contributed by atoms with Gasteiger partial charge in [0.2, 0.25) is 0 Å². The zero-order chi connectivity index (χ0) is 42.8. The minimum absolute atomic E-state index is 0.0440. The summed E-state index contributed by atoms with van der Waals surface area (Å²) >= 11 is 0. The van der Waals surface area contributed by atoms with Crippen molar-refractivity contribution in [2.24, 2.45) is 0 Å². The molecule has 336 valence electrons. The van der Waals surface area contributed by atoms with Crippen LogP contribution in [-0.2, 0) is 32.7 Å². The Bertz CT molecular complexity index is 1170. The molecule has 2 atom stereocenters. The van der Waals surface area contributed by atoms with Crippen LogP contribution < -0.4 is 4.89 Å². The number of allylic oxidation sites excluding steroid dienone is 10. The SMILES string of the molecule is CCCCC/C=C/C/C=C/C/C=C/C/C=C/CCCCCC(=O)OC[C@H](COP(=O)([O-])OCC[N+](C)(C)C)OC(=O)CC/C=C/CCCCCCCCCCCCC. The fourth-order valence-corrected chi connectivity index (χ4v) is 6.62. The Morgan fingerprint density at radius 3 is 1.50 bits per heavy atom. The first-order valence-electron chi connectivity index (χ1n) is 23.0. The lowest BCUT2D eigenvalue weighted by Gasteiger charge is -2.28. The molecule has 0 heterocycles. The predicted molar refractivity (Wildman–Crippen MR) is 240 cm³/mol. The normalized spacial score (nSPS) is 14.1. The number of carbonyl (C=O) groups is 2. The van der Waals surface area contributed by atoms with E-state index in [4.69, 9.17) is 18.5 Å². The highest BCUT2D eigenvalue weighted by molar-refractivity contribution is 7.45. The Morgan fingerprint density at radius 2 is 0.966 bits per heavy atom. The van der Waals surface area contributed by atoms with E-state index in [-0.39, 0.29) is 26.1 Å². The van der Waals surface area contributed by atoms with Crippen LogP contribution >= 0.6 is 7.82 Å². The molecular weight excluding hydrogens is 750 g/mol. The van der Waals surface area contributed by atoms with Crippen molar-refractivity contribution in [1.29, 1.82) is 0 Å². The number of hydrogen-bond acceptors (Lipinski definition) is 8. The van der Waals surface area contributed by atoms with Crippen molar-refractivity contribution >= 4 is 19.8 Å². The lowest BCUT2D eigenvalue weighted by atomic mass is 10.1.